The molecular weight excluding hydrogens is 414 g/mol. The number of carbonyl (C=O) groups is 1. The van der Waals surface area contributed by atoms with E-state index in [4.69, 9.17) is 4.42 Å². The largest absolute Gasteiger partial charge is 0.430 e. The van der Waals surface area contributed by atoms with Crippen molar-refractivity contribution in [2.75, 3.05) is 39.1 Å². The van der Waals surface area contributed by atoms with Gasteiger partial charge in [-0.1, -0.05) is 30.3 Å². The minimum atomic E-state index is -0.392. The molecule has 1 N–H and O–H groups in total. The Balaban J connectivity index is 1.80. The second-order valence-corrected chi connectivity index (χ2v) is 8.91. The van der Waals surface area contributed by atoms with Gasteiger partial charge in [0.2, 0.25) is 0 Å². The first-order valence-electron chi connectivity index (χ1n) is 11.5. The number of anilines is 1. The predicted octanol–water partition coefficient (Wildman–Crippen LogP) is 3.68. The number of nitrogens with one attached hydrogen (secondary N) is 1. The topological polar surface area (TPSA) is 85.4 Å². The molecule has 0 spiro atoms. The molecule has 1 amide bonds. The lowest BCUT2D eigenvalue weighted by molar-refractivity contribution is 0.0931. The quantitative estimate of drug-likeness (QED) is 0.597. The van der Waals surface area contributed by atoms with Crippen LogP contribution in [-0.4, -0.2) is 56.1 Å². The number of nitrogens with zero attached hydrogens (tertiary/aromatic N) is 4. The molecule has 1 aliphatic heterocycles. The molecule has 0 radical (unpaired) electrons. The Morgan fingerprint density at radius 1 is 1.30 bits per heavy atom. The number of carbonyl (C=O) groups excluding carboxylic acids is 1. The Bertz CT molecular complexity index is 1190. The van der Waals surface area contributed by atoms with Gasteiger partial charge < -0.3 is 19.5 Å². The molecule has 3 aromatic rings. The van der Waals surface area contributed by atoms with E-state index < -0.39 is 5.91 Å². The molecule has 172 valence electrons. The van der Waals surface area contributed by atoms with Gasteiger partial charge in [-0.15, -0.1) is 0 Å². The molecule has 2 heterocycles. The van der Waals surface area contributed by atoms with Gasteiger partial charge in [0, 0.05) is 26.2 Å². The van der Waals surface area contributed by atoms with Crippen molar-refractivity contribution < 1.29 is 9.21 Å². The number of rotatable bonds is 7. The molecule has 1 atom stereocenters. The summed E-state index contributed by atoms with van der Waals surface area (Å²) in [4.78, 5) is 21.3. The van der Waals surface area contributed by atoms with Gasteiger partial charge in [-0.3, -0.25) is 4.79 Å². The fraction of sp³-hybridized carbons (Fsp3) is 0.423. The van der Waals surface area contributed by atoms with Gasteiger partial charge in [0.1, 0.15) is 11.6 Å². The number of hydrogen-bond acceptors (Lipinski definition) is 6. The third-order valence-electron chi connectivity index (χ3n) is 6.67. The highest BCUT2D eigenvalue weighted by Crippen LogP contribution is 2.39. The first-order valence-corrected chi connectivity index (χ1v) is 11.5. The van der Waals surface area contributed by atoms with Gasteiger partial charge in [-0.2, -0.15) is 5.26 Å². The number of amides is 1. The van der Waals surface area contributed by atoms with Crippen molar-refractivity contribution in [3.8, 4) is 6.07 Å². The van der Waals surface area contributed by atoms with E-state index in [1.54, 1.807) is 7.05 Å². The van der Waals surface area contributed by atoms with Crippen LogP contribution in [0.2, 0.25) is 0 Å². The van der Waals surface area contributed by atoms with E-state index in [1.807, 2.05) is 13.0 Å². The summed E-state index contributed by atoms with van der Waals surface area (Å²) in [6.07, 6.45) is 3.78. The zero-order valence-electron chi connectivity index (χ0n) is 19.8. The smallest absolute Gasteiger partial charge is 0.306 e. The van der Waals surface area contributed by atoms with Crippen molar-refractivity contribution in [3.05, 3.63) is 58.5 Å². The minimum Gasteiger partial charge on any atom is -0.430 e. The fourth-order valence-electron chi connectivity index (χ4n) is 4.75. The lowest BCUT2D eigenvalue weighted by atomic mass is 9.93. The third kappa shape index (κ3) is 4.44. The van der Waals surface area contributed by atoms with Crippen molar-refractivity contribution in [2.24, 2.45) is 0 Å². The van der Waals surface area contributed by atoms with E-state index in [1.165, 1.54) is 5.56 Å². The van der Waals surface area contributed by atoms with Crippen LogP contribution in [0.15, 0.2) is 34.7 Å². The third-order valence-corrected chi connectivity index (χ3v) is 6.67. The van der Waals surface area contributed by atoms with Crippen LogP contribution in [-0.2, 0) is 12.8 Å². The molecule has 0 aliphatic carbocycles. The number of aryl methyl sites for hydroxylation is 1. The Morgan fingerprint density at radius 2 is 2.06 bits per heavy atom. The molecule has 0 bridgehead atoms. The summed E-state index contributed by atoms with van der Waals surface area (Å²) in [5.41, 5.74) is 5.85. The maximum absolute atomic E-state index is 12.3. The zero-order chi connectivity index (χ0) is 23.5. The highest BCUT2D eigenvalue weighted by Gasteiger charge is 2.31. The van der Waals surface area contributed by atoms with Crippen molar-refractivity contribution in [2.45, 2.75) is 38.6 Å². The molecule has 1 aromatic heterocycles. The summed E-state index contributed by atoms with van der Waals surface area (Å²) in [5, 5.41) is 12.5. The number of oxazole rings is 1. The Hall–Kier alpha value is -3.37. The predicted molar refractivity (Wildman–Crippen MR) is 130 cm³/mol. The maximum atomic E-state index is 12.3. The number of aromatic nitrogens is 1. The average Bonchev–Trinajstić information content (AvgIpc) is 3.48. The molecule has 0 saturated carbocycles. The lowest BCUT2D eigenvalue weighted by Gasteiger charge is -2.25. The Morgan fingerprint density at radius 3 is 2.70 bits per heavy atom. The van der Waals surface area contributed by atoms with Crippen LogP contribution in [0.3, 0.4) is 0 Å². The molecule has 4 rings (SSSR count). The van der Waals surface area contributed by atoms with E-state index in [-0.39, 0.29) is 5.89 Å². The summed E-state index contributed by atoms with van der Waals surface area (Å²) in [6.45, 7) is 3.76. The first kappa shape index (κ1) is 22.8. The molecule has 1 saturated heterocycles. The number of hydrogen-bond donors (Lipinski definition) is 1. The first-order chi connectivity index (χ1) is 15.9. The maximum Gasteiger partial charge on any atom is 0.306 e. The van der Waals surface area contributed by atoms with Crippen LogP contribution in [0, 0.1) is 18.3 Å². The Kier molecular flexibility index (Phi) is 6.66. The molecule has 2 aromatic carbocycles. The monoisotopic (exact) mass is 445 g/mol. The highest BCUT2D eigenvalue weighted by atomic mass is 16.4. The minimum absolute atomic E-state index is 0.00515. The highest BCUT2D eigenvalue weighted by molar-refractivity contribution is 5.99. The number of likely N-dealkylation sites (N-methyl/N-ethyl adjacent to an activating group) is 1. The van der Waals surface area contributed by atoms with Crippen LogP contribution < -0.4 is 10.2 Å². The molecule has 7 heteroatoms. The summed E-state index contributed by atoms with van der Waals surface area (Å²) >= 11 is 0. The van der Waals surface area contributed by atoms with Gasteiger partial charge in [0.15, 0.2) is 5.58 Å². The molecule has 1 fully saturated rings. The standard InChI is InChI=1S/C26H31N5O2/c1-17-20(12-8-11-18-9-6-5-7-10-18)23(31-14-13-19(16-31)30(3)4)24-22(21(17)15-27)29-26(33-24)25(32)28-2/h5-7,9-10,19H,8,11-14,16H2,1-4H3,(H,28,32). The summed E-state index contributed by atoms with van der Waals surface area (Å²) < 4.78 is 6.03. The van der Waals surface area contributed by atoms with Gasteiger partial charge >= 0.3 is 5.91 Å². The van der Waals surface area contributed by atoms with Gasteiger partial charge in [-0.25, -0.2) is 4.98 Å². The zero-order valence-corrected chi connectivity index (χ0v) is 19.8. The Labute approximate surface area is 195 Å². The SMILES string of the molecule is CNC(=O)c1nc2c(C#N)c(C)c(CCCc3ccccc3)c(N3CCC(N(C)C)C3)c2o1. The van der Waals surface area contributed by atoms with Crippen LogP contribution in [0.25, 0.3) is 11.1 Å². The van der Waals surface area contributed by atoms with E-state index in [0.717, 1.165) is 55.6 Å². The molecule has 1 aliphatic rings. The second-order valence-electron chi connectivity index (χ2n) is 8.91. The second kappa shape index (κ2) is 9.63. The number of nitriles is 1. The van der Waals surface area contributed by atoms with Crippen molar-refractivity contribution in [3.63, 3.8) is 0 Å². The van der Waals surface area contributed by atoms with Gasteiger partial charge in [-0.05, 0) is 63.4 Å². The summed E-state index contributed by atoms with van der Waals surface area (Å²) in [6, 6.07) is 13.2. The van der Waals surface area contributed by atoms with Crippen molar-refractivity contribution in [1.82, 2.24) is 15.2 Å². The van der Waals surface area contributed by atoms with E-state index in [2.05, 4.69) is 64.5 Å². The molecule has 33 heavy (non-hydrogen) atoms. The molecule has 1 unspecified atom stereocenters. The van der Waals surface area contributed by atoms with Crippen molar-refractivity contribution in [1.29, 1.82) is 5.26 Å². The van der Waals surface area contributed by atoms with Gasteiger partial charge in [0.25, 0.3) is 5.89 Å². The molecular formula is C26H31N5O2. The van der Waals surface area contributed by atoms with Crippen LogP contribution in [0.1, 0.15) is 45.8 Å². The number of fused-ring (bicyclic) bond motifs is 1. The van der Waals surface area contributed by atoms with Crippen LogP contribution >= 0.6 is 0 Å². The molecule has 7 nitrogen and oxygen atoms in total. The average molecular weight is 446 g/mol. The summed E-state index contributed by atoms with van der Waals surface area (Å²) in [7, 11) is 5.76. The van der Waals surface area contributed by atoms with Gasteiger partial charge in [0.05, 0.1) is 11.3 Å². The van der Waals surface area contributed by atoms with E-state index in [0.29, 0.717) is 22.7 Å². The summed E-state index contributed by atoms with van der Waals surface area (Å²) in [5.74, 6) is -0.397. The number of benzene rings is 2. The van der Waals surface area contributed by atoms with Crippen LogP contribution in [0.4, 0.5) is 5.69 Å². The lowest BCUT2D eigenvalue weighted by Crippen LogP contribution is -2.32. The van der Waals surface area contributed by atoms with E-state index >= 15 is 0 Å². The van der Waals surface area contributed by atoms with Crippen molar-refractivity contribution >= 4 is 22.7 Å². The normalized spacial score (nSPS) is 15.9. The van der Waals surface area contributed by atoms with Crippen LogP contribution in [0.5, 0.6) is 0 Å². The fourth-order valence-corrected chi connectivity index (χ4v) is 4.75. The van der Waals surface area contributed by atoms with E-state index in [9.17, 15) is 10.1 Å².